The quantitative estimate of drug-likeness (QED) is 0.709. The molecule has 1 heterocycles. The number of benzene rings is 1. The average Bonchev–Trinajstić information content (AvgIpc) is 2.42. The standard InChI is InChI=1S/C16H15BrClN/c17-14-8-11(9-19-10-14)7-13-6-5-12-3-1-2-4-15(12)16(13)18/h1-4,8-10,13,16H,5-7H2. The van der Waals surface area contributed by atoms with Crippen molar-refractivity contribution < 1.29 is 0 Å². The third-order valence-electron chi connectivity index (χ3n) is 3.81. The smallest absolute Gasteiger partial charge is 0.0619 e. The zero-order valence-corrected chi connectivity index (χ0v) is 12.9. The maximum atomic E-state index is 6.67. The van der Waals surface area contributed by atoms with Crippen molar-refractivity contribution in [2.24, 2.45) is 5.92 Å². The highest BCUT2D eigenvalue weighted by molar-refractivity contribution is 9.10. The molecule has 0 N–H and O–H groups in total. The number of aromatic nitrogens is 1. The SMILES string of the molecule is ClC1c2ccccc2CCC1Cc1cncc(Br)c1. The molecule has 3 rings (SSSR count). The Labute approximate surface area is 127 Å². The van der Waals surface area contributed by atoms with Crippen molar-refractivity contribution in [3.63, 3.8) is 0 Å². The summed E-state index contributed by atoms with van der Waals surface area (Å²) < 4.78 is 1.03. The highest BCUT2D eigenvalue weighted by Gasteiger charge is 2.27. The molecule has 98 valence electrons. The van der Waals surface area contributed by atoms with E-state index < -0.39 is 0 Å². The summed E-state index contributed by atoms with van der Waals surface area (Å²) >= 11 is 10.1. The van der Waals surface area contributed by atoms with Crippen molar-refractivity contribution in [3.8, 4) is 0 Å². The van der Waals surface area contributed by atoms with Gasteiger partial charge in [-0.3, -0.25) is 4.98 Å². The number of pyridine rings is 1. The van der Waals surface area contributed by atoms with Gasteiger partial charge in [-0.15, -0.1) is 11.6 Å². The molecular weight excluding hydrogens is 322 g/mol. The van der Waals surface area contributed by atoms with Crippen LogP contribution in [0.4, 0.5) is 0 Å². The lowest BCUT2D eigenvalue weighted by atomic mass is 9.80. The van der Waals surface area contributed by atoms with Crippen LogP contribution in [-0.2, 0) is 12.8 Å². The minimum absolute atomic E-state index is 0.115. The normalized spacial score (nSPS) is 22.0. The molecule has 2 atom stereocenters. The molecule has 2 unspecified atom stereocenters. The van der Waals surface area contributed by atoms with E-state index in [-0.39, 0.29) is 5.38 Å². The maximum absolute atomic E-state index is 6.67. The molecule has 2 aromatic rings. The number of nitrogens with zero attached hydrogens (tertiary/aromatic N) is 1. The first-order chi connectivity index (χ1) is 9.24. The molecule has 1 aliphatic rings. The van der Waals surface area contributed by atoms with Crippen LogP contribution in [-0.4, -0.2) is 4.98 Å². The second-order valence-corrected chi connectivity index (χ2v) is 6.50. The van der Waals surface area contributed by atoms with Gasteiger partial charge in [0.15, 0.2) is 0 Å². The molecule has 1 nitrogen and oxygen atoms in total. The fourth-order valence-electron chi connectivity index (χ4n) is 2.85. The van der Waals surface area contributed by atoms with Crippen molar-refractivity contribution in [1.82, 2.24) is 4.98 Å². The van der Waals surface area contributed by atoms with E-state index in [1.165, 1.54) is 16.7 Å². The van der Waals surface area contributed by atoms with Crippen molar-refractivity contribution in [2.75, 3.05) is 0 Å². The highest BCUT2D eigenvalue weighted by Crippen LogP contribution is 2.40. The van der Waals surface area contributed by atoms with E-state index in [0.717, 1.165) is 23.7 Å². The molecule has 1 aromatic heterocycles. The van der Waals surface area contributed by atoms with Gasteiger partial charge in [-0.1, -0.05) is 24.3 Å². The molecule has 3 heteroatoms. The summed E-state index contributed by atoms with van der Waals surface area (Å²) in [5, 5.41) is 0.115. The van der Waals surface area contributed by atoms with Crippen LogP contribution in [0, 0.1) is 5.92 Å². The van der Waals surface area contributed by atoms with Gasteiger partial charge >= 0.3 is 0 Å². The molecule has 1 aromatic carbocycles. The predicted octanol–water partition coefficient (Wildman–Crippen LogP) is 4.93. The number of aryl methyl sites for hydroxylation is 1. The molecule has 0 spiro atoms. The molecule has 0 radical (unpaired) electrons. The molecule has 1 aliphatic carbocycles. The summed E-state index contributed by atoms with van der Waals surface area (Å²) in [5.41, 5.74) is 3.97. The van der Waals surface area contributed by atoms with Gasteiger partial charge in [0.05, 0.1) is 5.38 Å². The number of alkyl halides is 1. The van der Waals surface area contributed by atoms with Crippen LogP contribution in [0.2, 0.25) is 0 Å². The first-order valence-electron chi connectivity index (χ1n) is 6.55. The fourth-order valence-corrected chi connectivity index (χ4v) is 3.69. The number of rotatable bonds is 2. The van der Waals surface area contributed by atoms with Gasteiger partial charge in [0.25, 0.3) is 0 Å². The van der Waals surface area contributed by atoms with Crippen molar-refractivity contribution in [2.45, 2.75) is 24.6 Å². The average molecular weight is 337 g/mol. The number of hydrogen-bond donors (Lipinski definition) is 0. The van der Waals surface area contributed by atoms with Gasteiger partial charge in [-0.05, 0) is 63.9 Å². The summed E-state index contributed by atoms with van der Waals surface area (Å²) in [5.74, 6) is 0.493. The molecule has 0 saturated heterocycles. The van der Waals surface area contributed by atoms with Crippen LogP contribution in [0.3, 0.4) is 0 Å². The first kappa shape index (κ1) is 13.1. The summed E-state index contributed by atoms with van der Waals surface area (Å²) in [4.78, 5) is 4.23. The summed E-state index contributed by atoms with van der Waals surface area (Å²) in [6, 6.07) is 10.7. The van der Waals surface area contributed by atoms with Gasteiger partial charge in [-0.25, -0.2) is 0 Å². The van der Waals surface area contributed by atoms with E-state index in [1.807, 2.05) is 12.4 Å². The molecule has 0 fully saturated rings. The lowest BCUT2D eigenvalue weighted by Crippen LogP contribution is -2.19. The van der Waals surface area contributed by atoms with Crippen molar-refractivity contribution >= 4 is 27.5 Å². The Hall–Kier alpha value is -0.860. The zero-order chi connectivity index (χ0) is 13.2. The van der Waals surface area contributed by atoms with Crippen LogP contribution in [0.25, 0.3) is 0 Å². The van der Waals surface area contributed by atoms with Crippen molar-refractivity contribution in [3.05, 3.63) is 63.9 Å². The van der Waals surface area contributed by atoms with Crippen LogP contribution in [0.15, 0.2) is 47.2 Å². The van der Waals surface area contributed by atoms with E-state index in [4.69, 9.17) is 11.6 Å². The zero-order valence-electron chi connectivity index (χ0n) is 10.5. The van der Waals surface area contributed by atoms with Crippen LogP contribution < -0.4 is 0 Å². The Morgan fingerprint density at radius 3 is 2.95 bits per heavy atom. The molecule has 0 saturated carbocycles. The predicted molar refractivity (Wildman–Crippen MR) is 82.5 cm³/mol. The second kappa shape index (κ2) is 5.64. The minimum atomic E-state index is 0.115. The summed E-state index contributed by atoms with van der Waals surface area (Å²) in [6.45, 7) is 0. The number of hydrogen-bond acceptors (Lipinski definition) is 1. The van der Waals surface area contributed by atoms with Crippen molar-refractivity contribution in [1.29, 1.82) is 0 Å². The Kier molecular flexibility index (Phi) is 3.90. The molecule has 0 bridgehead atoms. The van der Waals surface area contributed by atoms with E-state index in [1.54, 1.807) is 0 Å². The van der Waals surface area contributed by atoms with E-state index in [9.17, 15) is 0 Å². The second-order valence-electron chi connectivity index (χ2n) is 5.11. The lowest BCUT2D eigenvalue weighted by molar-refractivity contribution is 0.441. The number of fused-ring (bicyclic) bond motifs is 1. The first-order valence-corrected chi connectivity index (χ1v) is 7.78. The fraction of sp³-hybridized carbons (Fsp3) is 0.312. The van der Waals surface area contributed by atoms with Crippen LogP contribution in [0.1, 0.15) is 28.5 Å². The number of halogens is 2. The van der Waals surface area contributed by atoms with Gasteiger partial charge in [0.1, 0.15) is 0 Å². The maximum Gasteiger partial charge on any atom is 0.0619 e. The minimum Gasteiger partial charge on any atom is -0.263 e. The summed E-state index contributed by atoms with van der Waals surface area (Å²) in [6.07, 6.45) is 7.03. The summed E-state index contributed by atoms with van der Waals surface area (Å²) in [7, 11) is 0. The Morgan fingerprint density at radius 2 is 2.11 bits per heavy atom. The Balaban J connectivity index is 1.81. The van der Waals surface area contributed by atoms with E-state index in [0.29, 0.717) is 5.92 Å². The van der Waals surface area contributed by atoms with Crippen LogP contribution in [0.5, 0.6) is 0 Å². The van der Waals surface area contributed by atoms with E-state index >= 15 is 0 Å². The molecular formula is C16H15BrClN. The van der Waals surface area contributed by atoms with Crippen LogP contribution >= 0.6 is 27.5 Å². The Morgan fingerprint density at radius 1 is 1.26 bits per heavy atom. The lowest BCUT2D eigenvalue weighted by Gasteiger charge is -2.29. The Bertz CT molecular complexity index is 584. The van der Waals surface area contributed by atoms with Gasteiger partial charge in [0, 0.05) is 16.9 Å². The molecule has 19 heavy (non-hydrogen) atoms. The monoisotopic (exact) mass is 335 g/mol. The topological polar surface area (TPSA) is 12.9 Å². The molecule has 0 amide bonds. The highest BCUT2D eigenvalue weighted by atomic mass is 79.9. The van der Waals surface area contributed by atoms with E-state index in [2.05, 4.69) is 51.2 Å². The van der Waals surface area contributed by atoms with Gasteiger partial charge in [0.2, 0.25) is 0 Å². The molecule has 0 aliphatic heterocycles. The third kappa shape index (κ3) is 2.85. The largest absolute Gasteiger partial charge is 0.263 e. The van der Waals surface area contributed by atoms with Gasteiger partial charge < -0.3 is 0 Å². The van der Waals surface area contributed by atoms with Gasteiger partial charge in [-0.2, -0.15) is 0 Å². The third-order valence-corrected chi connectivity index (χ3v) is 4.84.